The van der Waals surface area contributed by atoms with Gasteiger partial charge in [0.2, 0.25) is 0 Å². The van der Waals surface area contributed by atoms with Crippen molar-refractivity contribution in [1.82, 2.24) is 4.90 Å². The summed E-state index contributed by atoms with van der Waals surface area (Å²) in [5.41, 5.74) is 6.43. The van der Waals surface area contributed by atoms with Gasteiger partial charge < -0.3 is 10.5 Å². The summed E-state index contributed by atoms with van der Waals surface area (Å²) in [6.07, 6.45) is 6.99. The van der Waals surface area contributed by atoms with Gasteiger partial charge in [-0.2, -0.15) is 0 Å². The smallest absolute Gasteiger partial charge is 0.0855 e. The molecule has 0 radical (unpaired) electrons. The normalized spacial score (nSPS) is 30.7. The molecule has 17 heavy (non-hydrogen) atoms. The van der Waals surface area contributed by atoms with E-state index >= 15 is 0 Å². The Hall–Kier alpha value is -0.120. The van der Waals surface area contributed by atoms with E-state index in [0.717, 1.165) is 19.7 Å². The quantitative estimate of drug-likeness (QED) is 0.820. The summed E-state index contributed by atoms with van der Waals surface area (Å²) in [7, 11) is 0. The molecule has 2 aliphatic rings. The molecule has 0 aromatic carbocycles. The predicted molar refractivity (Wildman–Crippen MR) is 71.0 cm³/mol. The molecule has 1 aliphatic heterocycles. The van der Waals surface area contributed by atoms with Crippen LogP contribution in [0.3, 0.4) is 0 Å². The Labute approximate surface area is 106 Å². The molecule has 2 rings (SSSR count). The van der Waals surface area contributed by atoms with Gasteiger partial charge in [-0.25, -0.2) is 0 Å². The van der Waals surface area contributed by atoms with Crippen LogP contribution in [0.25, 0.3) is 0 Å². The molecule has 100 valence electrons. The average Bonchev–Trinajstić information content (AvgIpc) is 2.39. The van der Waals surface area contributed by atoms with Crippen LogP contribution in [-0.4, -0.2) is 42.8 Å². The van der Waals surface area contributed by atoms with Crippen molar-refractivity contribution in [2.24, 2.45) is 11.7 Å². The minimum atomic E-state index is 0.247. The van der Waals surface area contributed by atoms with Crippen LogP contribution in [0, 0.1) is 5.92 Å². The van der Waals surface area contributed by atoms with Crippen molar-refractivity contribution in [3.8, 4) is 0 Å². The maximum absolute atomic E-state index is 6.43. The van der Waals surface area contributed by atoms with Gasteiger partial charge in [0.1, 0.15) is 0 Å². The third kappa shape index (κ3) is 3.43. The third-order valence-electron chi connectivity index (χ3n) is 4.48. The molecule has 3 nitrogen and oxygen atoms in total. The predicted octanol–water partition coefficient (Wildman–Crippen LogP) is 2.00. The largest absolute Gasteiger partial charge is 0.374 e. The van der Waals surface area contributed by atoms with Crippen LogP contribution < -0.4 is 5.73 Å². The van der Waals surface area contributed by atoms with Crippen molar-refractivity contribution in [1.29, 1.82) is 0 Å². The lowest BCUT2D eigenvalue weighted by Crippen LogP contribution is -2.54. The van der Waals surface area contributed by atoms with Crippen LogP contribution in [0.2, 0.25) is 0 Å². The van der Waals surface area contributed by atoms with Gasteiger partial charge in [0.25, 0.3) is 0 Å². The molecule has 0 bridgehead atoms. The highest BCUT2D eigenvalue weighted by Crippen LogP contribution is 2.28. The second kappa shape index (κ2) is 6.17. The zero-order chi connectivity index (χ0) is 12.3. The van der Waals surface area contributed by atoms with Gasteiger partial charge in [-0.05, 0) is 32.6 Å². The van der Waals surface area contributed by atoms with Crippen molar-refractivity contribution >= 4 is 0 Å². The molecule has 1 saturated heterocycles. The summed E-state index contributed by atoms with van der Waals surface area (Å²) in [5, 5.41) is 0. The van der Waals surface area contributed by atoms with E-state index in [1.807, 2.05) is 0 Å². The Morgan fingerprint density at radius 1 is 1.18 bits per heavy atom. The summed E-state index contributed by atoms with van der Waals surface area (Å²) in [6.45, 7) is 7.45. The Balaban J connectivity index is 1.87. The first kappa shape index (κ1) is 13.3. The molecule has 2 atom stereocenters. The minimum Gasteiger partial charge on any atom is -0.374 e. The Bertz CT molecular complexity index is 226. The number of ether oxygens (including phenoxy) is 1. The lowest BCUT2D eigenvalue weighted by molar-refractivity contribution is -0.0602. The maximum atomic E-state index is 6.43. The highest BCUT2D eigenvalue weighted by atomic mass is 16.5. The molecule has 1 saturated carbocycles. The van der Waals surface area contributed by atoms with Crippen LogP contribution in [-0.2, 0) is 4.74 Å². The molecule has 0 aromatic heterocycles. The standard InChI is InChI=1S/C14H28N2O/c1-11(2)16-8-9-17-13(10-16)14(15)12-6-4-3-5-7-12/h11-14H,3-10,15H2,1-2H3. The van der Waals surface area contributed by atoms with Crippen LogP contribution >= 0.6 is 0 Å². The van der Waals surface area contributed by atoms with Crippen molar-refractivity contribution in [3.63, 3.8) is 0 Å². The molecular weight excluding hydrogens is 212 g/mol. The molecule has 0 aromatic rings. The van der Waals surface area contributed by atoms with E-state index in [2.05, 4.69) is 18.7 Å². The van der Waals surface area contributed by atoms with E-state index in [9.17, 15) is 0 Å². The van der Waals surface area contributed by atoms with Gasteiger partial charge in [-0.1, -0.05) is 19.3 Å². The highest BCUT2D eigenvalue weighted by Gasteiger charge is 2.32. The fourth-order valence-corrected chi connectivity index (χ4v) is 3.22. The Morgan fingerprint density at radius 3 is 2.53 bits per heavy atom. The third-order valence-corrected chi connectivity index (χ3v) is 4.48. The van der Waals surface area contributed by atoms with Gasteiger partial charge >= 0.3 is 0 Å². The monoisotopic (exact) mass is 240 g/mol. The van der Waals surface area contributed by atoms with E-state index in [-0.39, 0.29) is 12.1 Å². The summed E-state index contributed by atoms with van der Waals surface area (Å²) in [4.78, 5) is 2.50. The van der Waals surface area contributed by atoms with Gasteiger partial charge in [0, 0.05) is 25.2 Å². The zero-order valence-electron chi connectivity index (χ0n) is 11.4. The first-order chi connectivity index (χ1) is 8.18. The number of rotatable bonds is 3. The Morgan fingerprint density at radius 2 is 1.88 bits per heavy atom. The zero-order valence-corrected chi connectivity index (χ0v) is 11.4. The topological polar surface area (TPSA) is 38.5 Å². The second-order valence-corrected chi connectivity index (χ2v) is 5.97. The molecule has 3 heteroatoms. The fraction of sp³-hybridized carbons (Fsp3) is 1.00. The Kier molecular flexibility index (Phi) is 4.83. The highest BCUT2D eigenvalue weighted by molar-refractivity contribution is 4.87. The van der Waals surface area contributed by atoms with Crippen molar-refractivity contribution in [2.75, 3.05) is 19.7 Å². The maximum Gasteiger partial charge on any atom is 0.0855 e. The van der Waals surface area contributed by atoms with E-state index in [4.69, 9.17) is 10.5 Å². The summed E-state index contributed by atoms with van der Waals surface area (Å²) in [5.74, 6) is 0.695. The van der Waals surface area contributed by atoms with Crippen molar-refractivity contribution in [3.05, 3.63) is 0 Å². The molecule has 0 amide bonds. The number of nitrogens with two attached hydrogens (primary N) is 1. The second-order valence-electron chi connectivity index (χ2n) is 5.97. The molecule has 1 aliphatic carbocycles. The molecule has 2 fully saturated rings. The number of morpholine rings is 1. The molecular formula is C14H28N2O. The van der Waals surface area contributed by atoms with Gasteiger partial charge in [0.05, 0.1) is 12.7 Å². The van der Waals surface area contributed by atoms with Crippen molar-refractivity contribution in [2.45, 2.75) is 64.1 Å². The first-order valence-electron chi connectivity index (χ1n) is 7.29. The van der Waals surface area contributed by atoms with Gasteiger partial charge in [-0.3, -0.25) is 4.90 Å². The van der Waals surface area contributed by atoms with Crippen molar-refractivity contribution < 1.29 is 4.74 Å². The van der Waals surface area contributed by atoms with Gasteiger partial charge in [-0.15, -0.1) is 0 Å². The van der Waals surface area contributed by atoms with E-state index < -0.39 is 0 Å². The van der Waals surface area contributed by atoms with Crippen LogP contribution in [0.1, 0.15) is 46.0 Å². The SMILES string of the molecule is CC(C)N1CCOC(C(N)C2CCCCC2)C1. The number of hydrogen-bond donors (Lipinski definition) is 1. The van der Waals surface area contributed by atoms with Crippen LogP contribution in [0.4, 0.5) is 0 Å². The van der Waals surface area contributed by atoms with E-state index in [1.165, 1.54) is 32.1 Å². The summed E-state index contributed by atoms with van der Waals surface area (Å²) in [6, 6.07) is 0.858. The molecule has 2 unspecified atom stereocenters. The number of hydrogen-bond acceptors (Lipinski definition) is 3. The average molecular weight is 240 g/mol. The number of nitrogens with zero attached hydrogens (tertiary/aromatic N) is 1. The van der Waals surface area contributed by atoms with E-state index in [1.54, 1.807) is 0 Å². The fourth-order valence-electron chi connectivity index (χ4n) is 3.22. The molecule has 0 spiro atoms. The first-order valence-corrected chi connectivity index (χ1v) is 7.29. The van der Waals surface area contributed by atoms with Crippen LogP contribution in [0.5, 0.6) is 0 Å². The summed E-state index contributed by atoms with van der Waals surface area (Å²) >= 11 is 0. The van der Waals surface area contributed by atoms with E-state index in [0.29, 0.717) is 12.0 Å². The molecule has 2 N–H and O–H groups in total. The lowest BCUT2D eigenvalue weighted by Gasteiger charge is -2.40. The molecule has 1 heterocycles. The lowest BCUT2D eigenvalue weighted by atomic mass is 9.82. The summed E-state index contributed by atoms with van der Waals surface area (Å²) < 4.78 is 5.91. The van der Waals surface area contributed by atoms with Gasteiger partial charge in [0.15, 0.2) is 0 Å². The minimum absolute atomic E-state index is 0.247. The van der Waals surface area contributed by atoms with Crippen LogP contribution in [0.15, 0.2) is 0 Å².